The molecule has 0 aliphatic carbocycles. The maximum atomic E-state index is 9.85. The first kappa shape index (κ1) is 14.6. The van der Waals surface area contributed by atoms with E-state index in [9.17, 15) is 5.11 Å². The molecule has 0 amide bonds. The average molecular weight is 286 g/mol. The van der Waals surface area contributed by atoms with Crippen molar-refractivity contribution in [1.29, 1.82) is 0 Å². The van der Waals surface area contributed by atoms with Crippen molar-refractivity contribution in [2.75, 3.05) is 26.7 Å². The molecule has 7 heteroatoms. The third-order valence-corrected chi connectivity index (χ3v) is 4.08. The number of nitrogens with one attached hydrogen (secondary N) is 1. The molecule has 1 saturated heterocycles. The van der Waals surface area contributed by atoms with Crippen LogP contribution in [0.4, 0.5) is 0 Å². The molecule has 0 radical (unpaired) electrons. The highest BCUT2D eigenvalue weighted by Crippen LogP contribution is 2.15. The minimum absolute atomic E-state index is 0.251. The van der Waals surface area contributed by atoms with Gasteiger partial charge < -0.3 is 20.1 Å². The fraction of sp³-hybridized carbons (Fsp3) is 0.833. The maximum absolute atomic E-state index is 9.85. The first-order valence-corrected chi connectivity index (χ1v) is 7.40. The van der Waals surface area contributed by atoms with Crippen LogP contribution in [0.25, 0.3) is 0 Å². The lowest BCUT2D eigenvalue weighted by Crippen LogP contribution is -2.47. The summed E-state index contributed by atoms with van der Waals surface area (Å²) in [4.78, 5) is 2.37. The standard InChI is InChI=1S/C12H22N4O2S/c1-9-5-10(3-4-16(9)2)13-6-11(17)8-18-12-7-14-19-15-12/h7,9-11,13,17H,3-6,8H2,1-2H3. The second-order valence-electron chi connectivity index (χ2n) is 5.17. The zero-order chi connectivity index (χ0) is 13.7. The number of rotatable bonds is 6. The SMILES string of the molecule is CC1CC(NCC(O)COc2cnsn2)CCN1C. The zero-order valence-electron chi connectivity index (χ0n) is 11.5. The fourth-order valence-corrected chi connectivity index (χ4v) is 2.60. The molecule has 2 heterocycles. The van der Waals surface area contributed by atoms with Gasteiger partial charge in [-0.25, -0.2) is 0 Å². The molecule has 108 valence electrons. The number of aliphatic hydroxyl groups is 1. The Balaban J connectivity index is 1.62. The van der Waals surface area contributed by atoms with Gasteiger partial charge in [0.05, 0.1) is 11.7 Å². The lowest BCUT2D eigenvalue weighted by molar-refractivity contribution is 0.0937. The molecule has 1 aliphatic heterocycles. The van der Waals surface area contributed by atoms with Crippen molar-refractivity contribution in [2.24, 2.45) is 0 Å². The summed E-state index contributed by atoms with van der Waals surface area (Å²) in [6.45, 7) is 4.15. The number of piperidine rings is 1. The van der Waals surface area contributed by atoms with Gasteiger partial charge in [0.1, 0.15) is 18.9 Å². The topological polar surface area (TPSA) is 70.5 Å². The van der Waals surface area contributed by atoms with Gasteiger partial charge in [0.15, 0.2) is 0 Å². The zero-order valence-corrected chi connectivity index (χ0v) is 12.3. The van der Waals surface area contributed by atoms with Crippen LogP contribution in [-0.4, -0.2) is 63.7 Å². The van der Waals surface area contributed by atoms with E-state index in [2.05, 4.69) is 32.9 Å². The van der Waals surface area contributed by atoms with Crippen LogP contribution in [0.5, 0.6) is 5.88 Å². The highest BCUT2D eigenvalue weighted by molar-refractivity contribution is 6.99. The van der Waals surface area contributed by atoms with Crippen LogP contribution in [0.15, 0.2) is 6.20 Å². The molecule has 1 aromatic heterocycles. The van der Waals surface area contributed by atoms with Gasteiger partial charge in [0.2, 0.25) is 5.88 Å². The van der Waals surface area contributed by atoms with Crippen LogP contribution in [0.2, 0.25) is 0 Å². The molecule has 0 saturated carbocycles. The maximum Gasteiger partial charge on any atom is 0.245 e. The van der Waals surface area contributed by atoms with Crippen molar-refractivity contribution >= 4 is 11.7 Å². The number of ether oxygens (including phenoxy) is 1. The van der Waals surface area contributed by atoms with E-state index in [0.29, 0.717) is 24.5 Å². The Hall–Kier alpha value is -0.760. The predicted molar refractivity (Wildman–Crippen MR) is 74.5 cm³/mol. The molecule has 0 aromatic carbocycles. The Morgan fingerprint density at radius 1 is 1.68 bits per heavy atom. The van der Waals surface area contributed by atoms with E-state index in [-0.39, 0.29) is 6.61 Å². The molecule has 1 aliphatic rings. The van der Waals surface area contributed by atoms with Gasteiger partial charge in [-0.3, -0.25) is 0 Å². The molecule has 1 aromatic rings. The van der Waals surface area contributed by atoms with Gasteiger partial charge in [-0.1, -0.05) is 0 Å². The van der Waals surface area contributed by atoms with Crippen LogP contribution in [0.1, 0.15) is 19.8 Å². The highest BCUT2D eigenvalue weighted by atomic mass is 32.1. The number of hydrogen-bond acceptors (Lipinski definition) is 7. The summed E-state index contributed by atoms with van der Waals surface area (Å²) >= 11 is 1.10. The molecule has 2 rings (SSSR count). The molecular formula is C12H22N4O2S. The Bertz CT molecular complexity index is 363. The number of hydrogen-bond donors (Lipinski definition) is 2. The normalized spacial score (nSPS) is 26.3. The largest absolute Gasteiger partial charge is 0.473 e. The number of likely N-dealkylation sites (tertiary alicyclic amines) is 1. The van der Waals surface area contributed by atoms with E-state index in [0.717, 1.165) is 31.1 Å². The highest BCUT2D eigenvalue weighted by Gasteiger charge is 2.22. The summed E-state index contributed by atoms with van der Waals surface area (Å²) in [6.07, 6.45) is 3.30. The third-order valence-electron chi connectivity index (χ3n) is 3.62. The van der Waals surface area contributed by atoms with Crippen molar-refractivity contribution in [3.8, 4) is 5.88 Å². The average Bonchev–Trinajstić information content (AvgIpc) is 2.91. The molecule has 19 heavy (non-hydrogen) atoms. The van der Waals surface area contributed by atoms with E-state index in [4.69, 9.17) is 4.74 Å². The Kier molecular flexibility index (Phi) is 5.50. The van der Waals surface area contributed by atoms with Crippen LogP contribution in [0, 0.1) is 0 Å². The first-order valence-electron chi connectivity index (χ1n) is 6.67. The Morgan fingerprint density at radius 2 is 2.53 bits per heavy atom. The molecular weight excluding hydrogens is 264 g/mol. The van der Waals surface area contributed by atoms with Gasteiger partial charge in [-0.05, 0) is 33.4 Å². The number of aromatic nitrogens is 2. The van der Waals surface area contributed by atoms with Crippen molar-refractivity contribution in [3.63, 3.8) is 0 Å². The summed E-state index contributed by atoms with van der Waals surface area (Å²) < 4.78 is 13.1. The molecule has 0 bridgehead atoms. The molecule has 2 N–H and O–H groups in total. The van der Waals surface area contributed by atoms with Crippen LogP contribution in [0.3, 0.4) is 0 Å². The second kappa shape index (κ2) is 7.14. The predicted octanol–water partition coefficient (Wildman–Crippen LogP) is 0.350. The second-order valence-corrected chi connectivity index (χ2v) is 5.73. The Morgan fingerprint density at radius 3 is 3.21 bits per heavy atom. The van der Waals surface area contributed by atoms with Crippen molar-refractivity contribution in [1.82, 2.24) is 19.0 Å². The quantitative estimate of drug-likeness (QED) is 0.786. The van der Waals surface area contributed by atoms with Gasteiger partial charge in [0.25, 0.3) is 0 Å². The Labute approximate surface area is 118 Å². The van der Waals surface area contributed by atoms with Gasteiger partial charge in [-0.15, -0.1) is 4.37 Å². The van der Waals surface area contributed by atoms with E-state index in [1.807, 2.05) is 0 Å². The summed E-state index contributed by atoms with van der Waals surface area (Å²) in [5, 5.41) is 13.3. The summed E-state index contributed by atoms with van der Waals surface area (Å²) in [5.74, 6) is 0.483. The fourth-order valence-electron chi connectivity index (χ4n) is 2.24. The molecule has 6 nitrogen and oxygen atoms in total. The van der Waals surface area contributed by atoms with Crippen molar-refractivity contribution < 1.29 is 9.84 Å². The van der Waals surface area contributed by atoms with E-state index < -0.39 is 6.10 Å². The minimum Gasteiger partial charge on any atom is -0.473 e. The van der Waals surface area contributed by atoms with E-state index in [1.54, 1.807) is 6.20 Å². The lowest BCUT2D eigenvalue weighted by atomic mass is 9.99. The third kappa shape index (κ3) is 4.68. The minimum atomic E-state index is -0.517. The van der Waals surface area contributed by atoms with Gasteiger partial charge >= 0.3 is 0 Å². The molecule has 3 atom stereocenters. The smallest absolute Gasteiger partial charge is 0.245 e. The van der Waals surface area contributed by atoms with E-state index >= 15 is 0 Å². The monoisotopic (exact) mass is 286 g/mol. The number of aliphatic hydroxyl groups excluding tert-OH is 1. The first-order chi connectivity index (χ1) is 9.15. The molecule has 1 fully saturated rings. The summed E-state index contributed by atoms with van der Waals surface area (Å²) in [7, 11) is 2.16. The van der Waals surface area contributed by atoms with Crippen LogP contribution in [-0.2, 0) is 0 Å². The van der Waals surface area contributed by atoms with Gasteiger partial charge in [-0.2, -0.15) is 4.37 Å². The lowest BCUT2D eigenvalue weighted by Gasteiger charge is -2.35. The van der Waals surface area contributed by atoms with E-state index in [1.165, 1.54) is 0 Å². The van der Waals surface area contributed by atoms with Gasteiger partial charge in [0, 0.05) is 18.6 Å². The summed E-state index contributed by atoms with van der Waals surface area (Å²) in [6, 6.07) is 1.09. The van der Waals surface area contributed by atoms with Crippen molar-refractivity contribution in [2.45, 2.75) is 38.0 Å². The van der Waals surface area contributed by atoms with Crippen LogP contribution >= 0.6 is 11.7 Å². The molecule has 0 spiro atoms. The molecule has 3 unspecified atom stereocenters. The number of nitrogens with zero attached hydrogens (tertiary/aromatic N) is 3. The summed E-state index contributed by atoms with van der Waals surface area (Å²) in [5.41, 5.74) is 0. The van der Waals surface area contributed by atoms with Crippen LogP contribution < -0.4 is 10.1 Å². The van der Waals surface area contributed by atoms with Crippen molar-refractivity contribution in [3.05, 3.63) is 6.20 Å².